The van der Waals surface area contributed by atoms with Gasteiger partial charge in [-0.1, -0.05) is 11.6 Å². The third-order valence-electron chi connectivity index (χ3n) is 5.22. The summed E-state index contributed by atoms with van der Waals surface area (Å²) >= 11 is 6.15. The molecule has 8 heteroatoms. The summed E-state index contributed by atoms with van der Waals surface area (Å²) in [4.78, 5) is 15.5. The van der Waals surface area contributed by atoms with Gasteiger partial charge in [0.1, 0.15) is 24.1 Å². The van der Waals surface area contributed by atoms with Crippen LogP contribution in [-0.2, 0) is 6.61 Å². The Morgan fingerprint density at radius 3 is 2.56 bits per heavy atom. The van der Waals surface area contributed by atoms with Gasteiger partial charge in [-0.25, -0.2) is 18.2 Å². The molecule has 0 unspecified atom stereocenters. The van der Waals surface area contributed by atoms with Crippen LogP contribution >= 0.6 is 11.6 Å². The lowest BCUT2D eigenvalue weighted by atomic mass is 9.96. The topological polar surface area (TPSA) is 62.2 Å². The first-order chi connectivity index (χ1) is 15.3. The molecule has 0 fully saturated rings. The third kappa shape index (κ3) is 4.62. The maximum absolute atomic E-state index is 14.1. The number of rotatable bonds is 6. The molecule has 0 aliphatic heterocycles. The molecule has 1 aromatic heterocycles. The smallest absolute Gasteiger partial charge is 0.221 e. The molecule has 1 aliphatic carbocycles. The molecular weight excluding hydrogens is 443 g/mol. The van der Waals surface area contributed by atoms with Gasteiger partial charge in [-0.05, 0) is 72.4 Å². The van der Waals surface area contributed by atoms with Crippen molar-refractivity contribution in [2.24, 2.45) is 0 Å². The highest BCUT2D eigenvalue weighted by Gasteiger charge is 2.23. The predicted molar refractivity (Wildman–Crippen MR) is 111 cm³/mol. The van der Waals surface area contributed by atoms with Gasteiger partial charge in [-0.3, -0.25) is 0 Å². The molecule has 3 aromatic rings. The van der Waals surface area contributed by atoms with Crippen LogP contribution in [0.3, 0.4) is 0 Å². The van der Waals surface area contributed by atoms with Crippen molar-refractivity contribution in [3.05, 3.63) is 93.4 Å². The summed E-state index contributed by atoms with van der Waals surface area (Å²) in [7, 11) is 0. The van der Waals surface area contributed by atoms with Crippen molar-refractivity contribution in [1.82, 2.24) is 4.98 Å². The van der Waals surface area contributed by atoms with E-state index in [2.05, 4.69) is 4.98 Å². The molecule has 1 aliphatic rings. The van der Waals surface area contributed by atoms with Gasteiger partial charge in [0.2, 0.25) is 5.88 Å². The van der Waals surface area contributed by atoms with Gasteiger partial charge >= 0.3 is 0 Å². The number of nitrogens with zero attached hydrogens (tertiary/aromatic N) is 1. The van der Waals surface area contributed by atoms with Crippen molar-refractivity contribution < 1.29 is 27.8 Å². The molecule has 4 rings (SSSR count). The molecule has 164 valence electrons. The zero-order chi connectivity index (χ0) is 22.8. The zero-order valence-electron chi connectivity index (χ0n) is 16.6. The van der Waals surface area contributed by atoms with Gasteiger partial charge in [0, 0.05) is 29.0 Å². The fraction of sp³-hybridized carbons (Fsp3) is 0.167. The lowest BCUT2D eigenvalue weighted by molar-refractivity contribution is -0.255. The van der Waals surface area contributed by atoms with Crippen LogP contribution < -0.4 is 9.84 Å². The van der Waals surface area contributed by atoms with E-state index in [4.69, 9.17) is 16.3 Å². The first-order valence-electron chi connectivity index (χ1n) is 9.79. The highest BCUT2D eigenvalue weighted by Crippen LogP contribution is 2.43. The molecule has 0 bridgehead atoms. The maximum atomic E-state index is 14.1. The number of carbonyl (C=O) groups excluding carboxylic acids is 1. The van der Waals surface area contributed by atoms with Crippen LogP contribution in [0.1, 0.15) is 46.3 Å². The number of ether oxygens (including phenoxy) is 1. The Morgan fingerprint density at radius 2 is 1.81 bits per heavy atom. The van der Waals surface area contributed by atoms with Crippen molar-refractivity contribution in [2.45, 2.75) is 25.9 Å². The van der Waals surface area contributed by atoms with Gasteiger partial charge in [-0.2, -0.15) is 0 Å². The van der Waals surface area contributed by atoms with Crippen molar-refractivity contribution in [2.75, 3.05) is 0 Å². The van der Waals surface area contributed by atoms with Crippen LogP contribution in [-0.4, -0.2) is 11.0 Å². The van der Waals surface area contributed by atoms with Gasteiger partial charge in [0.25, 0.3) is 0 Å². The Morgan fingerprint density at radius 1 is 1.03 bits per heavy atom. The number of pyridine rings is 1. The normalized spacial score (nSPS) is 13.5. The highest BCUT2D eigenvalue weighted by molar-refractivity contribution is 6.30. The average Bonchev–Trinajstić information content (AvgIpc) is 3.23. The van der Waals surface area contributed by atoms with Crippen molar-refractivity contribution >= 4 is 28.7 Å². The Hall–Kier alpha value is -3.32. The Balaban J connectivity index is 1.74. The van der Waals surface area contributed by atoms with E-state index in [0.717, 1.165) is 35.8 Å². The van der Waals surface area contributed by atoms with Crippen LogP contribution in [0.2, 0.25) is 5.02 Å². The van der Waals surface area contributed by atoms with E-state index in [1.165, 1.54) is 24.4 Å². The minimum absolute atomic E-state index is 0.151. The Labute approximate surface area is 186 Å². The van der Waals surface area contributed by atoms with Crippen molar-refractivity contribution in [3.8, 4) is 5.88 Å². The second-order valence-electron chi connectivity index (χ2n) is 7.36. The first-order valence-corrected chi connectivity index (χ1v) is 10.2. The second-order valence-corrected chi connectivity index (χ2v) is 7.79. The van der Waals surface area contributed by atoms with E-state index >= 15 is 0 Å². The number of carboxylic acid groups (broad SMARTS) is 1. The van der Waals surface area contributed by atoms with Crippen LogP contribution in [0.5, 0.6) is 5.88 Å². The minimum Gasteiger partial charge on any atom is -0.545 e. The summed E-state index contributed by atoms with van der Waals surface area (Å²) in [6, 6.07) is 8.37. The van der Waals surface area contributed by atoms with Crippen LogP contribution in [0.4, 0.5) is 13.2 Å². The lowest BCUT2D eigenvalue weighted by Crippen LogP contribution is -2.22. The van der Waals surface area contributed by atoms with E-state index in [9.17, 15) is 23.1 Å². The first kappa shape index (κ1) is 21.9. The molecule has 0 radical (unpaired) electrons. The quantitative estimate of drug-likeness (QED) is 0.510. The van der Waals surface area contributed by atoms with Crippen LogP contribution in [0.25, 0.3) is 11.1 Å². The average molecular weight is 459 g/mol. The molecule has 1 heterocycles. The monoisotopic (exact) mass is 458 g/mol. The molecule has 0 atom stereocenters. The van der Waals surface area contributed by atoms with Gasteiger partial charge in [0.15, 0.2) is 0 Å². The molecule has 0 spiro atoms. The molecule has 4 nitrogen and oxygen atoms in total. The van der Waals surface area contributed by atoms with E-state index in [1.54, 1.807) is 6.07 Å². The predicted octanol–water partition coefficient (Wildman–Crippen LogP) is 5.19. The Bertz CT molecular complexity index is 1240. The second kappa shape index (κ2) is 9.04. The van der Waals surface area contributed by atoms with Crippen molar-refractivity contribution in [3.63, 3.8) is 0 Å². The van der Waals surface area contributed by atoms with Gasteiger partial charge in [-0.15, -0.1) is 0 Å². The third-order valence-corrected chi connectivity index (χ3v) is 5.43. The molecular formula is C24H16ClF3NO3-. The molecule has 0 saturated heterocycles. The molecule has 0 saturated carbocycles. The summed E-state index contributed by atoms with van der Waals surface area (Å²) < 4.78 is 46.9. The SMILES string of the molecule is O=C([O-])c1cc(F)cc(C2=C(c3cc(Cl)cnc3OCc3ccc(F)cc3F)CCC2)c1. The lowest BCUT2D eigenvalue weighted by Gasteiger charge is -2.15. The van der Waals surface area contributed by atoms with E-state index in [0.29, 0.717) is 29.0 Å². The number of aromatic nitrogens is 1. The standard InChI is InChI=1S/C24H17ClF3NO3/c25-16-9-21(23(29-11-16)32-12-13-4-5-17(26)10-22(13)28)20-3-1-2-19(20)14-6-15(24(30)31)8-18(27)7-14/h4-11H,1-3,12H2,(H,30,31)/p-1. The fourth-order valence-electron chi connectivity index (χ4n) is 3.78. The maximum Gasteiger partial charge on any atom is 0.221 e. The fourth-order valence-corrected chi connectivity index (χ4v) is 3.94. The zero-order valence-corrected chi connectivity index (χ0v) is 17.4. The molecule has 0 N–H and O–H groups in total. The van der Waals surface area contributed by atoms with E-state index in [1.807, 2.05) is 0 Å². The number of benzene rings is 2. The summed E-state index contributed by atoms with van der Waals surface area (Å²) in [6.07, 6.45) is 3.33. The number of carbonyl (C=O) groups is 1. The van der Waals surface area contributed by atoms with Crippen molar-refractivity contribution in [1.29, 1.82) is 0 Å². The summed E-state index contributed by atoms with van der Waals surface area (Å²) in [5, 5.41) is 11.6. The minimum atomic E-state index is -1.47. The molecule has 32 heavy (non-hydrogen) atoms. The van der Waals surface area contributed by atoms with Crippen LogP contribution in [0.15, 0.2) is 48.7 Å². The molecule has 2 aromatic carbocycles. The van der Waals surface area contributed by atoms with E-state index < -0.39 is 23.4 Å². The largest absolute Gasteiger partial charge is 0.545 e. The number of hydrogen-bond acceptors (Lipinski definition) is 4. The number of allylic oxidation sites excluding steroid dienone is 2. The Kier molecular flexibility index (Phi) is 6.19. The number of halogens is 4. The summed E-state index contributed by atoms with van der Waals surface area (Å²) in [5.41, 5.74) is 2.39. The van der Waals surface area contributed by atoms with Gasteiger partial charge < -0.3 is 14.6 Å². The highest BCUT2D eigenvalue weighted by atomic mass is 35.5. The van der Waals surface area contributed by atoms with Crippen LogP contribution in [0, 0.1) is 17.5 Å². The summed E-state index contributed by atoms with van der Waals surface area (Å²) in [6.45, 7) is -0.189. The van der Waals surface area contributed by atoms with E-state index in [-0.39, 0.29) is 23.6 Å². The van der Waals surface area contributed by atoms with Gasteiger partial charge in [0.05, 0.1) is 11.0 Å². The number of carboxylic acids is 1. The number of aromatic carboxylic acids is 1. The molecule has 0 amide bonds. The summed E-state index contributed by atoms with van der Waals surface area (Å²) in [5.74, 6) is -3.41. The number of hydrogen-bond donors (Lipinski definition) is 0.